The van der Waals surface area contributed by atoms with Gasteiger partial charge in [-0.05, 0) is 37.0 Å². The van der Waals surface area contributed by atoms with Crippen molar-refractivity contribution in [2.75, 3.05) is 19.8 Å². The molecule has 0 bridgehead atoms. The zero-order valence-electron chi connectivity index (χ0n) is 22.5. The fraction of sp³-hybridized carbons (Fsp3) is 0.889. The first kappa shape index (κ1) is 32.4. The van der Waals surface area contributed by atoms with Crippen molar-refractivity contribution >= 4 is 17.9 Å². The average molecular weight is 487 g/mol. The van der Waals surface area contributed by atoms with Crippen molar-refractivity contribution in [2.45, 2.75) is 118 Å². The van der Waals surface area contributed by atoms with Crippen molar-refractivity contribution in [1.29, 1.82) is 0 Å². The summed E-state index contributed by atoms with van der Waals surface area (Å²) in [6.45, 7) is 13.0. The van der Waals surface area contributed by atoms with E-state index in [4.69, 9.17) is 14.2 Å². The fourth-order valence-electron chi connectivity index (χ4n) is 4.01. The molecule has 34 heavy (non-hydrogen) atoms. The van der Waals surface area contributed by atoms with E-state index in [0.717, 1.165) is 51.4 Å². The summed E-state index contributed by atoms with van der Waals surface area (Å²) in [4.78, 5) is 37.6. The lowest BCUT2D eigenvalue weighted by atomic mass is 9.95. The van der Waals surface area contributed by atoms with Crippen molar-refractivity contribution < 1.29 is 33.7 Å². The lowest BCUT2D eigenvalue weighted by Crippen LogP contribution is -2.45. The number of ether oxygens (including phenoxy) is 3. The van der Waals surface area contributed by atoms with Crippen LogP contribution in [0, 0.1) is 17.8 Å². The zero-order chi connectivity index (χ0) is 26.0. The highest BCUT2D eigenvalue weighted by atomic mass is 16.6. The standard InChI is InChI=1S/C27H50O7/c1-7-21(8-2)13-16-32-24(28)19-27(31,26(30)34-18-15-23(11-5)12-6)20-25(29)33-17-14-22(9-3)10-4/h21-23,31H,7-20H2,1-6H3. The summed E-state index contributed by atoms with van der Waals surface area (Å²) in [5.41, 5.74) is -2.30. The van der Waals surface area contributed by atoms with E-state index in [0.29, 0.717) is 24.2 Å². The van der Waals surface area contributed by atoms with Crippen LogP contribution in [-0.2, 0) is 28.6 Å². The second kappa shape index (κ2) is 18.7. The molecule has 0 saturated heterocycles. The molecule has 0 aromatic rings. The van der Waals surface area contributed by atoms with Gasteiger partial charge < -0.3 is 19.3 Å². The van der Waals surface area contributed by atoms with Gasteiger partial charge in [0.25, 0.3) is 0 Å². The Morgan fingerprint density at radius 2 is 0.882 bits per heavy atom. The Balaban J connectivity index is 5.05. The number of rotatable bonds is 20. The molecule has 200 valence electrons. The van der Waals surface area contributed by atoms with Gasteiger partial charge in [-0.1, -0.05) is 80.1 Å². The first-order chi connectivity index (χ1) is 16.2. The number of hydrogen-bond donors (Lipinski definition) is 1. The highest BCUT2D eigenvalue weighted by molar-refractivity contribution is 5.90. The molecular formula is C27H50O7. The maximum Gasteiger partial charge on any atom is 0.339 e. The molecule has 7 nitrogen and oxygen atoms in total. The molecular weight excluding hydrogens is 436 g/mol. The maximum atomic E-state index is 12.8. The van der Waals surface area contributed by atoms with Crippen molar-refractivity contribution in [3.63, 3.8) is 0 Å². The monoisotopic (exact) mass is 486 g/mol. The molecule has 0 aliphatic rings. The summed E-state index contributed by atoms with van der Waals surface area (Å²) in [6.07, 6.45) is 6.70. The molecule has 0 atom stereocenters. The van der Waals surface area contributed by atoms with E-state index < -0.39 is 36.4 Å². The topological polar surface area (TPSA) is 99.1 Å². The Bertz CT molecular complexity index is 531. The van der Waals surface area contributed by atoms with Gasteiger partial charge >= 0.3 is 17.9 Å². The molecule has 0 aliphatic heterocycles. The van der Waals surface area contributed by atoms with Crippen LogP contribution >= 0.6 is 0 Å². The van der Waals surface area contributed by atoms with Gasteiger partial charge in [0.1, 0.15) is 0 Å². The highest BCUT2D eigenvalue weighted by Crippen LogP contribution is 2.22. The Morgan fingerprint density at radius 1 is 0.588 bits per heavy atom. The minimum Gasteiger partial charge on any atom is -0.466 e. The first-order valence-electron chi connectivity index (χ1n) is 13.4. The number of aliphatic hydroxyl groups is 1. The van der Waals surface area contributed by atoms with Crippen molar-refractivity contribution in [1.82, 2.24) is 0 Å². The summed E-state index contributed by atoms with van der Waals surface area (Å²) < 4.78 is 15.8. The Hall–Kier alpha value is -1.63. The minimum absolute atomic E-state index is 0.126. The molecule has 0 aromatic carbocycles. The molecule has 0 rings (SSSR count). The fourth-order valence-corrected chi connectivity index (χ4v) is 4.01. The Morgan fingerprint density at radius 3 is 1.18 bits per heavy atom. The number of carbonyl (C=O) groups excluding carboxylic acids is 3. The minimum atomic E-state index is -2.30. The zero-order valence-corrected chi connectivity index (χ0v) is 22.5. The van der Waals surface area contributed by atoms with E-state index in [1.54, 1.807) is 0 Å². The smallest absolute Gasteiger partial charge is 0.339 e. The van der Waals surface area contributed by atoms with Gasteiger partial charge in [0, 0.05) is 0 Å². The van der Waals surface area contributed by atoms with Gasteiger partial charge in [-0.3, -0.25) is 9.59 Å². The van der Waals surface area contributed by atoms with Gasteiger partial charge in [-0.25, -0.2) is 4.79 Å². The summed E-state index contributed by atoms with van der Waals surface area (Å²) in [7, 11) is 0. The predicted molar refractivity (Wildman–Crippen MR) is 133 cm³/mol. The number of hydrogen-bond acceptors (Lipinski definition) is 7. The third kappa shape index (κ3) is 13.3. The second-order valence-electron chi connectivity index (χ2n) is 9.38. The van der Waals surface area contributed by atoms with Gasteiger partial charge in [-0.2, -0.15) is 0 Å². The summed E-state index contributed by atoms with van der Waals surface area (Å²) >= 11 is 0. The average Bonchev–Trinajstić information content (AvgIpc) is 2.82. The van der Waals surface area contributed by atoms with Crippen molar-refractivity contribution in [3.8, 4) is 0 Å². The lowest BCUT2D eigenvalue weighted by molar-refractivity contribution is -0.178. The molecule has 7 heteroatoms. The quantitative estimate of drug-likeness (QED) is 0.176. The second-order valence-corrected chi connectivity index (χ2v) is 9.38. The summed E-state index contributed by atoms with van der Waals surface area (Å²) in [6, 6.07) is 0. The highest BCUT2D eigenvalue weighted by Gasteiger charge is 2.43. The van der Waals surface area contributed by atoms with E-state index in [-0.39, 0.29) is 19.8 Å². The van der Waals surface area contributed by atoms with Crippen LogP contribution in [0.1, 0.15) is 112 Å². The first-order valence-corrected chi connectivity index (χ1v) is 13.4. The molecule has 0 amide bonds. The third-order valence-electron chi connectivity index (χ3n) is 7.06. The summed E-state index contributed by atoms with van der Waals surface area (Å²) in [5.74, 6) is -1.12. The van der Waals surface area contributed by atoms with E-state index in [1.807, 2.05) is 0 Å². The molecule has 0 fully saturated rings. The van der Waals surface area contributed by atoms with E-state index >= 15 is 0 Å². The van der Waals surface area contributed by atoms with E-state index in [1.165, 1.54) is 0 Å². The van der Waals surface area contributed by atoms with Gasteiger partial charge in [0.05, 0.1) is 32.7 Å². The van der Waals surface area contributed by atoms with Crippen LogP contribution in [-0.4, -0.2) is 48.4 Å². The molecule has 1 N–H and O–H groups in total. The molecule has 0 heterocycles. The van der Waals surface area contributed by atoms with Gasteiger partial charge in [0.15, 0.2) is 5.60 Å². The maximum absolute atomic E-state index is 12.8. The largest absolute Gasteiger partial charge is 0.466 e. The predicted octanol–water partition coefficient (Wildman–Crippen LogP) is 5.61. The lowest BCUT2D eigenvalue weighted by Gasteiger charge is -2.25. The Kier molecular flexibility index (Phi) is 17.8. The van der Waals surface area contributed by atoms with Crippen LogP contribution in [0.5, 0.6) is 0 Å². The summed E-state index contributed by atoms with van der Waals surface area (Å²) in [5, 5.41) is 11.0. The molecule has 0 radical (unpaired) electrons. The Labute approximate surface area is 207 Å². The number of carbonyl (C=O) groups is 3. The molecule has 0 unspecified atom stereocenters. The van der Waals surface area contributed by atoms with Crippen LogP contribution in [0.2, 0.25) is 0 Å². The van der Waals surface area contributed by atoms with Crippen LogP contribution in [0.25, 0.3) is 0 Å². The molecule has 0 spiro atoms. The molecule has 0 aliphatic carbocycles. The number of esters is 3. The van der Waals surface area contributed by atoms with Crippen molar-refractivity contribution in [3.05, 3.63) is 0 Å². The van der Waals surface area contributed by atoms with Crippen LogP contribution < -0.4 is 0 Å². The van der Waals surface area contributed by atoms with Crippen LogP contribution in [0.15, 0.2) is 0 Å². The van der Waals surface area contributed by atoms with Crippen LogP contribution in [0.3, 0.4) is 0 Å². The van der Waals surface area contributed by atoms with Crippen LogP contribution in [0.4, 0.5) is 0 Å². The molecule has 0 saturated carbocycles. The van der Waals surface area contributed by atoms with Crippen molar-refractivity contribution in [2.24, 2.45) is 17.8 Å². The SMILES string of the molecule is CCC(CC)CCOC(=O)CC(O)(CC(=O)OCCC(CC)CC)C(=O)OCCC(CC)CC. The van der Waals surface area contributed by atoms with E-state index in [2.05, 4.69) is 41.5 Å². The van der Waals surface area contributed by atoms with E-state index in [9.17, 15) is 19.5 Å². The normalized spacial score (nSPS) is 11.8. The van der Waals surface area contributed by atoms with Gasteiger partial charge in [-0.15, -0.1) is 0 Å². The molecule has 0 aromatic heterocycles. The van der Waals surface area contributed by atoms with Gasteiger partial charge in [0.2, 0.25) is 0 Å². The third-order valence-corrected chi connectivity index (χ3v) is 7.06.